The van der Waals surface area contributed by atoms with E-state index in [4.69, 9.17) is 11.6 Å². The minimum atomic E-state index is -3.45. The summed E-state index contributed by atoms with van der Waals surface area (Å²) in [7, 11) is -3.45. The van der Waals surface area contributed by atoms with Gasteiger partial charge in [0.25, 0.3) is 10.0 Å². The van der Waals surface area contributed by atoms with E-state index in [0.29, 0.717) is 12.4 Å². The van der Waals surface area contributed by atoms with Crippen LogP contribution in [0.25, 0.3) is 0 Å². The first-order chi connectivity index (χ1) is 8.59. The molecule has 1 aromatic heterocycles. The number of nitrogens with zero attached hydrogens (tertiary/aromatic N) is 2. The summed E-state index contributed by atoms with van der Waals surface area (Å²) < 4.78 is 26.4. The molecule has 0 bridgehead atoms. The van der Waals surface area contributed by atoms with Crippen molar-refractivity contribution in [1.82, 2.24) is 9.29 Å². The average Bonchev–Trinajstić information content (AvgIpc) is 2.88. The Morgan fingerprint density at radius 2 is 2.28 bits per heavy atom. The normalized spacial score (nSPS) is 21.3. The van der Waals surface area contributed by atoms with E-state index in [-0.39, 0.29) is 11.1 Å². The standard InChI is InChI=1S/C12H17ClN2O2S/c1-2-11-4-3-7-15(11)18(16,17)12-6-5-10(8-13)9-14-12/h5-6,9,11H,2-4,7-8H2,1H3. The van der Waals surface area contributed by atoms with Crippen molar-refractivity contribution in [2.75, 3.05) is 6.54 Å². The third kappa shape index (κ3) is 2.53. The minimum Gasteiger partial charge on any atom is -0.243 e. The molecule has 0 aromatic carbocycles. The highest BCUT2D eigenvalue weighted by Crippen LogP contribution is 2.26. The van der Waals surface area contributed by atoms with Crippen molar-refractivity contribution >= 4 is 21.6 Å². The lowest BCUT2D eigenvalue weighted by atomic mass is 10.2. The van der Waals surface area contributed by atoms with Crippen molar-refractivity contribution in [3.8, 4) is 0 Å². The van der Waals surface area contributed by atoms with Gasteiger partial charge in [-0.3, -0.25) is 0 Å². The van der Waals surface area contributed by atoms with Gasteiger partial charge in [-0.25, -0.2) is 13.4 Å². The van der Waals surface area contributed by atoms with Crippen LogP contribution in [-0.4, -0.2) is 30.3 Å². The van der Waals surface area contributed by atoms with Gasteiger partial charge in [0.1, 0.15) is 0 Å². The third-order valence-electron chi connectivity index (χ3n) is 3.32. The fraction of sp³-hybridized carbons (Fsp3) is 0.583. The highest BCUT2D eigenvalue weighted by molar-refractivity contribution is 7.89. The van der Waals surface area contributed by atoms with Crippen LogP contribution < -0.4 is 0 Å². The molecule has 1 atom stereocenters. The fourth-order valence-corrected chi connectivity index (χ4v) is 4.14. The van der Waals surface area contributed by atoms with Crippen molar-refractivity contribution in [2.45, 2.75) is 43.1 Å². The fourth-order valence-electron chi connectivity index (χ4n) is 2.30. The molecule has 0 N–H and O–H groups in total. The van der Waals surface area contributed by atoms with Crippen LogP contribution in [-0.2, 0) is 15.9 Å². The maximum Gasteiger partial charge on any atom is 0.260 e. The Bertz CT molecular complexity index is 501. The van der Waals surface area contributed by atoms with Gasteiger partial charge in [-0.15, -0.1) is 11.6 Å². The van der Waals surface area contributed by atoms with Gasteiger partial charge >= 0.3 is 0 Å². The number of rotatable bonds is 4. The van der Waals surface area contributed by atoms with Gasteiger partial charge in [-0.2, -0.15) is 4.31 Å². The second-order valence-electron chi connectivity index (χ2n) is 4.46. The molecular weight excluding hydrogens is 272 g/mol. The Kier molecular flexibility index (Phi) is 4.25. The van der Waals surface area contributed by atoms with Crippen LogP contribution in [0.1, 0.15) is 31.7 Å². The number of pyridine rings is 1. The van der Waals surface area contributed by atoms with Gasteiger partial charge in [-0.05, 0) is 30.9 Å². The topological polar surface area (TPSA) is 50.3 Å². The average molecular weight is 289 g/mol. The van der Waals surface area contributed by atoms with E-state index < -0.39 is 10.0 Å². The summed E-state index contributed by atoms with van der Waals surface area (Å²) in [5, 5.41) is 0.122. The molecule has 0 spiro atoms. The van der Waals surface area contributed by atoms with Crippen LogP contribution in [0.5, 0.6) is 0 Å². The maximum absolute atomic E-state index is 12.4. The van der Waals surface area contributed by atoms with E-state index >= 15 is 0 Å². The summed E-state index contributed by atoms with van der Waals surface area (Å²) >= 11 is 5.67. The van der Waals surface area contributed by atoms with Crippen LogP contribution in [0.15, 0.2) is 23.4 Å². The quantitative estimate of drug-likeness (QED) is 0.799. The van der Waals surface area contributed by atoms with Crippen molar-refractivity contribution in [1.29, 1.82) is 0 Å². The SMILES string of the molecule is CCC1CCCN1S(=O)(=O)c1ccc(CCl)cn1. The predicted octanol–water partition coefficient (Wildman–Crippen LogP) is 2.38. The molecule has 100 valence electrons. The van der Waals surface area contributed by atoms with E-state index in [2.05, 4.69) is 4.98 Å². The molecule has 6 heteroatoms. The molecule has 0 amide bonds. The molecule has 1 aliphatic heterocycles. The summed E-state index contributed by atoms with van der Waals surface area (Å²) in [4.78, 5) is 4.02. The summed E-state index contributed by atoms with van der Waals surface area (Å²) in [5.74, 6) is 0.342. The van der Waals surface area contributed by atoms with Gasteiger partial charge in [0.2, 0.25) is 0 Å². The smallest absolute Gasteiger partial charge is 0.243 e. The molecule has 2 heterocycles. The van der Waals surface area contributed by atoms with Gasteiger partial charge in [-0.1, -0.05) is 13.0 Å². The number of hydrogen-bond donors (Lipinski definition) is 0. The number of hydrogen-bond acceptors (Lipinski definition) is 3. The second-order valence-corrected chi connectivity index (χ2v) is 6.56. The molecule has 1 fully saturated rings. The number of halogens is 1. The van der Waals surface area contributed by atoms with Gasteiger partial charge < -0.3 is 0 Å². The Balaban J connectivity index is 2.29. The van der Waals surface area contributed by atoms with E-state index in [9.17, 15) is 8.42 Å². The van der Waals surface area contributed by atoms with E-state index in [1.165, 1.54) is 12.3 Å². The van der Waals surface area contributed by atoms with Gasteiger partial charge in [0.15, 0.2) is 5.03 Å². The van der Waals surface area contributed by atoms with Crippen molar-refractivity contribution in [3.63, 3.8) is 0 Å². The Morgan fingerprint density at radius 3 is 2.83 bits per heavy atom. The highest BCUT2D eigenvalue weighted by Gasteiger charge is 2.34. The van der Waals surface area contributed by atoms with Crippen LogP contribution in [0.4, 0.5) is 0 Å². The van der Waals surface area contributed by atoms with E-state index in [1.54, 1.807) is 10.4 Å². The van der Waals surface area contributed by atoms with Crippen molar-refractivity contribution in [3.05, 3.63) is 23.9 Å². The van der Waals surface area contributed by atoms with Crippen LogP contribution in [0.3, 0.4) is 0 Å². The van der Waals surface area contributed by atoms with Crippen LogP contribution >= 0.6 is 11.6 Å². The maximum atomic E-state index is 12.4. The number of aromatic nitrogens is 1. The molecule has 0 saturated carbocycles. The molecule has 1 aliphatic rings. The molecule has 1 aromatic rings. The number of alkyl halides is 1. The van der Waals surface area contributed by atoms with Gasteiger partial charge in [0, 0.05) is 24.7 Å². The zero-order valence-corrected chi connectivity index (χ0v) is 11.9. The lowest BCUT2D eigenvalue weighted by molar-refractivity contribution is 0.378. The molecule has 0 aliphatic carbocycles. The second kappa shape index (κ2) is 5.55. The summed E-state index contributed by atoms with van der Waals surface area (Å²) in [6, 6.07) is 3.37. The lowest BCUT2D eigenvalue weighted by Crippen LogP contribution is -2.35. The largest absolute Gasteiger partial charge is 0.260 e. The molecule has 0 radical (unpaired) electrons. The lowest BCUT2D eigenvalue weighted by Gasteiger charge is -2.22. The highest BCUT2D eigenvalue weighted by atomic mass is 35.5. The van der Waals surface area contributed by atoms with E-state index in [0.717, 1.165) is 24.8 Å². The van der Waals surface area contributed by atoms with E-state index in [1.807, 2.05) is 6.92 Å². The molecular formula is C12H17ClN2O2S. The molecule has 1 saturated heterocycles. The Morgan fingerprint density at radius 1 is 1.50 bits per heavy atom. The first-order valence-electron chi connectivity index (χ1n) is 6.12. The third-order valence-corrected chi connectivity index (χ3v) is 5.50. The van der Waals surface area contributed by atoms with Crippen molar-refractivity contribution < 1.29 is 8.42 Å². The zero-order valence-electron chi connectivity index (χ0n) is 10.3. The Hall–Kier alpha value is -0.650. The monoisotopic (exact) mass is 288 g/mol. The van der Waals surface area contributed by atoms with Crippen molar-refractivity contribution in [2.24, 2.45) is 0 Å². The number of sulfonamides is 1. The first kappa shape index (κ1) is 13.8. The molecule has 2 rings (SSSR count). The van der Waals surface area contributed by atoms with Gasteiger partial charge in [0.05, 0.1) is 0 Å². The molecule has 1 unspecified atom stereocenters. The zero-order chi connectivity index (χ0) is 13.2. The summed E-state index contributed by atoms with van der Waals surface area (Å²) in [6.07, 6.45) is 4.24. The first-order valence-corrected chi connectivity index (χ1v) is 8.09. The van der Waals surface area contributed by atoms with Crippen LogP contribution in [0, 0.1) is 0 Å². The van der Waals surface area contributed by atoms with Crippen LogP contribution in [0.2, 0.25) is 0 Å². The summed E-state index contributed by atoms with van der Waals surface area (Å²) in [6.45, 7) is 2.61. The summed E-state index contributed by atoms with van der Waals surface area (Å²) in [5.41, 5.74) is 0.823. The predicted molar refractivity (Wildman–Crippen MR) is 71.0 cm³/mol. The molecule has 4 nitrogen and oxygen atoms in total. The molecule has 18 heavy (non-hydrogen) atoms. The minimum absolute atomic E-state index is 0.115. The Labute approximate surface area is 113 Å².